The average Bonchev–Trinajstić information content (AvgIpc) is 3.27. The van der Waals surface area contributed by atoms with Crippen LogP contribution in [0.5, 0.6) is 0 Å². The number of hydrogen-bond donors (Lipinski definition) is 1. The highest BCUT2D eigenvalue weighted by atomic mass is 32.2. The van der Waals surface area contributed by atoms with Crippen LogP contribution >= 0.6 is 23.1 Å². The van der Waals surface area contributed by atoms with Gasteiger partial charge in [-0.15, -0.1) is 21.5 Å². The van der Waals surface area contributed by atoms with Crippen molar-refractivity contribution < 1.29 is 14.0 Å². The number of thioether (sulfide) groups is 1. The minimum atomic E-state index is -0.252. The van der Waals surface area contributed by atoms with Crippen LogP contribution in [-0.2, 0) is 16.0 Å². The Balaban J connectivity index is 1.43. The third kappa shape index (κ3) is 4.48. The normalized spacial score (nSPS) is 16.3. The third-order valence-corrected chi connectivity index (χ3v) is 6.02. The molecule has 10 heteroatoms. The van der Waals surface area contributed by atoms with Crippen LogP contribution in [0.25, 0.3) is 0 Å². The molecule has 0 unspecified atom stereocenters. The van der Waals surface area contributed by atoms with Gasteiger partial charge in [-0.3, -0.25) is 9.59 Å². The molecule has 0 spiro atoms. The van der Waals surface area contributed by atoms with Gasteiger partial charge in [0.05, 0.1) is 34.2 Å². The molecule has 1 atom stereocenters. The molecular weight excluding hydrogens is 410 g/mol. The molecule has 1 aromatic carbocycles. The van der Waals surface area contributed by atoms with Crippen LogP contribution in [0.4, 0.5) is 11.4 Å². The molecular formula is C19H19N5O3S2. The molecule has 0 saturated heterocycles. The number of carbonyl (C=O) groups is 2. The van der Waals surface area contributed by atoms with Crippen LogP contribution in [0.3, 0.4) is 0 Å². The topological polar surface area (TPSA) is 101 Å². The van der Waals surface area contributed by atoms with E-state index in [0.717, 1.165) is 10.7 Å². The molecule has 1 aliphatic heterocycles. The fraction of sp³-hybridized carbons (Fsp3) is 0.316. The number of amides is 2. The summed E-state index contributed by atoms with van der Waals surface area (Å²) < 4.78 is 5.64. The SMILES string of the molecule is Cc1nc(Cc2nnc(SCC(=O)N3c4ccccc4NC(=O)C[C@@H]3C)o2)cs1. The molecule has 0 aliphatic carbocycles. The zero-order valence-corrected chi connectivity index (χ0v) is 17.5. The highest BCUT2D eigenvalue weighted by Gasteiger charge is 2.29. The molecule has 1 aliphatic rings. The lowest BCUT2D eigenvalue weighted by atomic mass is 10.2. The molecule has 0 saturated carbocycles. The maximum atomic E-state index is 13.0. The summed E-state index contributed by atoms with van der Waals surface area (Å²) in [5, 5.41) is 14.2. The second kappa shape index (κ2) is 8.34. The maximum Gasteiger partial charge on any atom is 0.277 e. The first-order valence-corrected chi connectivity index (χ1v) is 10.9. The van der Waals surface area contributed by atoms with Gasteiger partial charge in [0.15, 0.2) is 0 Å². The van der Waals surface area contributed by atoms with Gasteiger partial charge in [-0.25, -0.2) is 4.98 Å². The number of para-hydroxylation sites is 2. The Morgan fingerprint density at radius 3 is 3.00 bits per heavy atom. The number of nitrogens with one attached hydrogen (secondary N) is 1. The summed E-state index contributed by atoms with van der Waals surface area (Å²) in [7, 11) is 0. The van der Waals surface area contributed by atoms with Crippen molar-refractivity contribution >= 4 is 46.3 Å². The van der Waals surface area contributed by atoms with Gasteiger partial charge in [-0.05, 0) is 26.0 Å². The van der Waals surface area contributed by atoms with Gasteiger partial charge in [0.25, 0.3) is 5.22 Å². The number of aryl methyl sites for hydroxylation is 1. The van der Waals surface area contributed by atoms with Crippen molar-refractivity contribution in [2.24, 2.45) is 0 Å². The quantitative estimate of drug-likeness (QED) is 0.621. The monoisotopic (exact) mass is 429 g/mol. The lowest BCUT2D eigenvalue weighted by Gasteiger charge is -2.27. The van der Waals surface area contributed by atoms with Gasteiger partial charge in [0.2, 0.25) is 17.7 Å². The number of hydrogen-bond acceptors (Lipinski definition) is 8. The predicted octanol–water partition coefficient (Wildman–Crippen LogP) is 3.28. The molecule has 4 rings (SSSR count). The number of carbonyl (C=O) groups excluding carboxylic acids is 2. The van der Waals surface area contributed by atoms with Gasteiger partial charge >= 0.3 is 0 Å². The van der Waals surface area contributed by atoms with E-state index >= 15 is 0 Å². The van der Waals surface area contributed by atoms with Gasteiger partial charge in [0.1, 0.15) is 0 Å². The predicted molar refractivity (Wildman–Crippen MR) is 111 cm³/mol. The Kier molecular flexibility index (Phi) is 5.63. The van der Waals surface area contributed by atoms with Gasteiger partial charge in [-0.1, -0.05) is 23.9 Å². The van der Waals surface area contributed by atoms with Crippen molar-refractivity contribution in [3.63, 3.8) is 0 Å². The molecule has 1 N–H and O–H groups in total. The number of anilines is 2. The summed E-state index contributed by atoms with van der Waals surface area (Å²) in [6.45, 7) is 3.81. The zero-order chi connectivity index (χ0) is 20.4. The van der Waals surface area contributed by atoms with E-state index in [1.807, 2.05) is 37.4 Å². The minimum absolute atomic E-state index is 0.105. The summed E-state index contributed by atoms with van der Waals surface area (Å²) in [6, 6.07) is 7.05. The molecule has 0 bridgehead atoms. The summed E-state index contributed by atoms with van der Waals surface area (Å²) in [5.41, 5.74) is 2.22. The Morgan fingerprint density at radius 2 is 2.21 bits per heavy atom. The van der Waals surface area contributed by atoms with Gasteiger partial charge < -0.3 is 14.6 Å². The first kappa shape index (κ1) is 19.6. The van der Waals surface area contributed by atoms with Crippen molar-refractivity contribution in [2.45, 2.75) is 38.0 Å². The standard InChI is InChI=1S/C19H19N5O3S2/c1-11-7-16(25)21-14-5-3-4-6-15(14)24(11)18(26)10-29-19-23-22-17(27-19)8-13-9-28-12(2)20-13/h3-6,9,11H,7-8,10H2,1-2H3,(H,21,25)/t11-/m0/s1. The van der Waals surface area contributed by atoms with E-state index in [2.05, 4.69) is 20.5 Å². The lowest BCUT2D eigenvalue weighted by Crippen LogP contribution is -2.40. The largest absolute Gasteiger partial charge is 0.416 e. The molecule has 2 aromatic heterocycles. The number of rotatable bonds is 5. The van der Waals surface area contributed by atoms with E-state index < -0.39 is 0 Å². The van der Waals surface area contributed by atoms with E-state index in [1.165, 1.54) is 11.8 Å². The number of benzene rings is 1. The molecule has 2 amide bonds. The highest BCUT2D eigenvalue weighted by Crippen LogP contribution is 2.32. The maximum absolute atomic E-state index is 13.0. The second-order valence-electron chi connectivity index (χ2n) is 6.67. The fourth-order valence-corrected chi connectivity index (χ4v) is 4.43. The van der Waals surface area contributed by atoms with Crippen LogP contribution in [0, 0.1) is 6.92 Å². The van der Waals surface area contributed by atoms with Crippen LogP contribution in [0.1, 0.15) is 29.9 Å². The minimum Gasteiger partial charge on any atom is -0.416 e. The van der Waals surface area contributed by atoms with Crippen LogP contribution in [-0.4, -0.2) is 38.8 Å². The van der Waals surface area contributed by atoms with E-state index in [0.29, 0.717) is 28.9 Å². The molecule has 150 valence electrons. The van der Waals surface area contributed by atoms with Crippen molar-refractivity contribution in [3.8, 4) is 0 Å². The Morgan fingerprint density at radius 1 is 1.38 bits per heavy atom. The summed E-state index contributed by atoms with van der Waals surface area (Å²) >= 11 is 2.76. The summed E-state index contributed by atoms with van der Waals surface area (Å²) in [4.78, 5) is 31.1. The Bertz CT molecular complexity index is 1050. The average molecular weight is 430 g/mol. The van der Waals surface area contributed by atoms with Crippen LogP contribution in [0.15, 0.2) is 39.3 Å². The first-order valence-electron chi connectivity index (χ1n) is 9.06. The summed E-state index contributed by atoms with van der Waals surface area (Å²) in [6.07, 6.45) is 0.707. The second-order valence-corrected chi connectivity index (χ2v) is 8.66. The number of aromatic nitrogens is 3. The first-order chi connectivity index (χ1) is 14.0. The molecule has 0 radical (unpaired) electrons. The van der Waals surface area contributed by atoms with Crippen LogP contribution in [0.2, 0.25) is 0 Å². The number of fused-ring (bicyclic) bond motifs is 1. The summed E-state index contributed by atoms with van der Waals surface area (Å²) in [5.74, 6) is 0.367. The molecule has 3 heterocycles. The van der Waals surface area contributed by atoms with Gasteiger partial charge in [-0.2, -0.15) is 0 Å². The van der Waals surface area contributed by atoms with E-state index in [9.17, 15) is 9.59 Å². The highest BCUT2D eigenvalue weighted by molar-refractivity contribution is 7.99. The van der Waals surface area contributed by atoms with E-state index in [4.69, 9.17) is 4.42 Å². The molecule has 29 heavy (non-hydrogen) atoms. The smallest absolute Gasteiger partial charge is 0.277 e. The number of nitrogens with zero attached hydrogens (tertiary/aromatic N) is 4. The zero-order valence-electron chi connectivity index (χ0n) is 15.9. The Hall–Kier alpha value is -2.72. The third-order valence-electron chi connectivity index (χ3n) is 4.39. The molecule has 0 fully saturated rings. The lowest BCUT2D eigenvalue weighted by molar-refractivity contribution is -0.117. The van der Waals surface area contributed by atoms with Crippen molar-refractivity contribution in [2.75, 3.05) is 16.0 Å². The van der Waals surface area contributed by atoms with E-state index in [1.54, 1.807) is 22.3 Å². The Labute approximate surface area is 175 Å². The van der Waals surface area contributed by atoms with Crippen LogP contribution < -0.4 is 10.2 Å². The molecule has 3 aromatic rings. The van der Waals surface area contributed by atoms with E-state index in [-0.39, 0.29) is 30.0 Å². The fourth-order valence-electron chi connectivity index (χ4n) is 3.17. The molecule has 8 nitrogen and oxygen atoms in total. The van der Waals surface area contributed by atoms with Crippen molar-refractivity contribution in [3.05, 3.63) is 46.2 Å². The van der Waals surface area contributed by atoms with Crippen molar-refractivity contribution in [1.82, 2.24) is 15.2 Å². The van der Waals surface area contributed by atoms with Crippen molar-refractivity contribution in [1.29, 1.82) is 0 Å². The number of thiazole rings is 1. The van der Waals surface area contributed by atoms with Gasteiger partial charge in [0, 0.05) is 17.8 Å².